The number of aromatic amines is 1. The lowest BCUT2D eigenvalue weighted by Crippen LogP contribution is -2.27. The van der Waals surface area contributed by atoms with E-state index in [1.165, 1.54) is 12.0 Å². The average Bonchev–Trinajstić information content (AvgIpc) is 3.63. The van der Waals surface area contributed by atoms with Gasteiger partial charge in [0.2, 0.25) is 0 Å². The molecule has 6 aromatic rings. The van der Waals surface area contributed by atoms with Gasteiger partial charge in [0.05, 0.1) is 34.5 Å². The zero-order valence-electron chi connectivity index (χ0n) is 24.5. The summed E-state index contributed by atoms with van der Waals surface area (Å²) in [5, 5.41) is 8.20. The van der Waals surface area contributed by atoms with E-state index < -0.39 is 0 Å². The second-order valence-electron chi connectivity index (χ2n) is 12.0. The predicted octanol–water partition coefficient (Wildman–Crippen LogP) is 7.74. The Morgan fingerprint density at radius 3 is 2.56 bits per heavy atom. The maximum Gasteiger partial charge on any atom is 0.157 e. The first-order chi connectivity index (χ1) is 20.9. The molecule has 1 saturated carbocycles. The molecular formula is C35H33N7O. The number of aromatic nitrogens is 5. The molecule has 1 aliphatic heterocycles. The lowest BCUT2D eigenvalue weighted by atomic mass is 9.86. The number of imidazole rings is 1. The van der Waals surface area contributed by atoms with Gasteiger partial charge in [0.25, 0.3) is 0 Å². The predicted molar refractivity (Wildman–Crippen MR) is 171 cm³/mol. The van der Waals surface area contributed by atoms with Gasteiger partial charge >= 0.3 is 0 Å². The first kappa shape index (κ1) is 25.9. The van der Waals surface area contributed by atoms with Crippen molar-refractivity contribution >= 4 is 44.7 Å². The fraction of sp³-hybridized carbons (Fsp3) is 0.257. The van der Waals surface area contributed by atoms with Crippen molar-refractivity contribution in [2.24, 2.45) is 5.92 Å². The van der Waals surface area contributed by atoms with Crippen LogP contribution in [0.25, 0.3) is 33.5 Å². The second-order valence-corrected chi connectivity index (χ2v) is 12.0. The average molecular weight is 568 g/mol. The van der Waals surface area contributed by atoms with Crippen molar-refractivity contribution in [2.45, 2.75) is 45.1 Å². The number of H-pyrrole nitrogens is 1. The van der Waals surface area contributed by atoms with E-state index in [-0.39, 0.29) is 5.41 Å². The Balaban J connectivity index is 1.05. The van der Waals surface area contributed by atoms with E-state index in [0.717, 1.165) is 80.6 Å². The topological polar surface area (TPSA) is 101 Å². The molecule has 0 amide bonds. The first-order valence-corrected chi connectivity index (χ1v) is 14.9. The molecule has 2 aromatic carbocycles. The second kappa shape index (κ2) is 9.88. The molecule has 8 heteroatoms. The number of nitrogens with one attached hydrogen (secondary N) is 3. The van der Waals surface area contributed by atoms with E-state index >= 15 is 0 Å². The number of nitrogens with zero attached hydrogens (tertiary/aromatic N) is 4. The highest BCUT2D eigenvalue weighted by atomic mass is 16.5. The third kappa shape index (κ3) is 4.68. The summed E-state index contributed by atoms with van der Waals surface area (Å²) in [5.74, 6) is 1.34. The van der Waals surface area contributed by atoms with E-state index in [2.05, 4.69) is 63.9 Å². The highest BCUT2D eigenvalue weighted by Crippen LogP contribution is 2.61. The number of benzene rings is 2. The van der Waals surface area contributed by atoms with Crippen LogP contribution in [-0.2, 0) is 10.2 Å². The summed E-state index contributed by atoms with van der Waals surface area (Å²) >= 11 is 0. The standard InChI is InChI=1S/C35H33N7O/c1-20-14-25(10-12-36-20)39-24-5-8-30-33(17-24)42-34(41-30)31-9-6-26(19-37-31)40-32-15-21(2)38-29-7-4-23(16-27(29)32)35-11-13-43-22(3)28(35)18-35/h4-10,12,14-17,19,22,28H,11,13,18H2,1-3H3,(H,36,39)(H,38,40)(H,41,42)/t22-,28?,35+/m1/s1. The molecule has 0 bridgehead atoms. The van der Waals surface area contributed by atoms with Crippen LogP contribution in [-0.4, -0.2) is 37.6 Å². The molecular weight excluding hydrogens is 534 g/mol. The Kier molecular flexibility index (Phi) is 5.94. The van der Waals surface area contributed by atoms with Gasteiger partial charge in [-0.1, -0.05) is 6.07 Å². The summed E-state index contributed by atoms with van der Waals surface area (Å²) in [4.78, 5) is 22.1. The van der Waals surface area contributed by atoms with Crippen LogP contribution >= 0.6 is 0 Å². The summed E-state index contributed by atoms with van der Waals surface area (Å²) in [6.07, 6.45) is 6.29. The molecule has 43 heavy (non-hydrogen) atoms. The van der Waals surface area contributed by atoms with Crippen LogP contribution in [0.1, 0.15) is 36.7 Å². The minimum Gasteiger partial charge on any atom is -0.378 e. The molecule has 2 aliphatic rings. The number of hydrogen-bond donors (Lipinski definition) is 3. The van der Waals surface area contributed by atoms with Gasteiger partial charge in [-0.15, -0.1) is 0 Å². The first-order valence-electron chi connectivity index (χ1n) is 14.9. The van der Waals surface area contributed by atoms with Crippen LogP contribution < -0.4 is 10.6 Å². The molecule has 3 atom stereocenters. The van der Waals surface area contributed by atoms with Crippen molar-refractivity contribution < 1.29 is 4.74 Å². The molecule has 1 unspecified atom stereocenters. The summed E-state index contributed by atoms with van der Waals surface area (Å²) in [6.45, 7) is 7.07. The Morgan fingerprint density at radius 2 is 1.70 bits per heavy atom. The maximum absolute atomic E-state index is 5.93. The smallest absolute Gasteiger partial charge is 0.157 e. The number of fused-ring (bicyclic) bond motifs is 3. The summed E-state index contributed by atoms with van der Waals surface area (Å²) in [7, 11) is 0. The van der Waals surface area contributed by atoms with Gasteiger partial charge in [-0.2, -0.15) is 0 Å². The van der Waals surface area contributed by atoms with Gasteiger partial charge in [-0.3, -0.25) is 15.0 Å². The summed E-state index contributed by atoms with van der Waals surface area (Å²) in [6, 6.07) is 23.0. The number of anilines is 4. The van der Waals surface area contributed by atoms with E-state index in [1.807, 2.05) is 50.4 Å². The van der Waals surface area contributed by atoms with E-state index in [0.29, 0.717) is 12.0 Å². The van der Waals surface area contributed by atoms with Crippen LogP contribution in [0.3, 0.4) is 0 Å². The minimum absolute atomic E-state index is 0.249. The van der Waals surface area contributed by atoms with Crippen molar-refractivity contribution in [1.29, 1.82) is 0 Å². The lowest BCUT2D eigenvalue weighted by molar-refractivity contribution is 0.0125. The van der Waals surface area contributed by atoms with Crippen molar-refractivity contribution in [2.75, 3.05) is 17.2 Å². The van der Waals surface area contributed by atoms with Gasteiger partial charge in [0, 0.05) is 52.1 Å². The number of pyridine rings is 3. The number of hydrogen-bond acceptors (Lipinski definition) is 7. The zero-order valence-corrected chi connectivity index (χ0v) is 24.5. The van der Waals surface area contributed by atoms with E-state index in [1.54, 1.807) is 6.20 Å². The molecule has 1 saturated heterocycles. The highest BCUT2D eigenvalue weighted by Gasteiger charge is 2.59. The molecule has 2 fully saturated rings. The van der Waals surface area contributed by atoms with Crippen LogP contribution in [0.15, 0.2) is 79.1 Å². The molecule has 1 aliphatic carbocycles. The largest absolute Gasteiger partial charge is 0.378 e. The van der Waals surface area contributed by atoms with Gasteiger partial charge in [0.15, 0.2) is 5.82 Å². The van der Waals surface area contributed by atoms with Crippen molar-refractivity contribution in [3.63, 3.8) is 0 Å². The molecule has 3 N–H and O–H groups in total. The minimum atomic E-state index is 0.249. The molecule has 5 heterocycles. The molecule has 8 rings (SSSR count). The quantitative estimate of drug-likeness (QED) is 0.189. The van der Waals surface area contributed by atoms with Gasteiger partial charge in [-0.05, 0) is 106 Å². The zero-order chi connectivity index (χ0) is 29.1. The normalized spacial score (nSPS) is 21.1. The Labute approximate surface area is 250 Å². The number of aryl methyl sites for hydroxylation is 2. The number of rotatable bonds is 6. The van der Waals surface area contributed by atoms with Crippen LogP contribution in [0.5, 0.6) is 0 Å². The van der Waals surface area contributed by atoms with Crippen LogP contribution in [0.2, 0.25) is 0 Å². The van der Waals surface area contributed by atoms with Crippen molar-refractivity contribution in [3.05, 3.63) is 96.1 Å². The molecule has 0 spiro atoms. The lowest BCUT2D eigenvalue weighted by Gasteiger charge is -2.27. The highest BCUT2D eigenvalue weighted by molar-refractivity contribution is 5.94. The third-order valence-corrected chi connectivity index (χ3v) is 9.09. The molecule has 4 aromatic heterocycles. The summed E-state index contributed by atoms with van der Waals surface area (Å²) in [5.41, 5.74) is 11.2. The van der Waals surface area contributed by atoms with Gasteiger partial charge in [0.1, 0.15) is 5.69 Å². The Hall–Kier alpha value is -4.82. The van der Waals surface area contributed by atoms with E-state index in [9.17, 15) is 0 Å². The van der Waals surface area contributed by atoms with E-state index in [4.69, 9.17) is 19.7 Å². The maximum atomic E-state index is 5.93. The van der Waals surface area contributed by atoms with Crippen molar-refractivity contribution in [3.8, 4) is 11.5 Å². The van der Waals surface area contributed by atoms with Crippen LogP contribution in [0, 0.1) is 19.8 Å². The van der Waals surface area contributed by atoms with Gasteiger partial charge < -0.3 is 20.4 Å². The number of ether oxygens (including phenoxy) is 1. The fourth-order valence-corrected chi connectivity index (χ4v) is 6.79. The molecule has 8 nitrogen and oxygen atoms in total. The SMILES string of the molecule is Cc1cc(Nc2ccc3nc(-c4ccc(Nc5cc(C)nc6ccc([C@@]78CCO[C@H](C)C7C8)cc56)cn4)[nH]c3c2)ccn1. The van der Waals surface area contributed by atoms with Gasteiger partial charge in [-0.25, -0.2) is 4.98 Å². The van der Waals surface area contributed by atoms with Crippen LogP contribution in [0.4, 0.5) is 22.7 Å². The fourth-order valence-electron chi connectivity index (χ4n) is 6.79. The Morgan fingerprint density at radius 1 is 0.837 bits per heavy atom. The summed E-state index contributed by atoms with van der Waals surface area (Å²) < 4.78 is 5.93. The van der Waals surface area contributed by atoms with Crippen molar-refractivity contribution in [1.82, 2.24) is 24.9 Å². The Bertz CT molecular complexity index is 2000. The molecule has 214 valence electrons. The monoisotopic (exact) mass is 567 g/mol. The molecule has 0 radical (unpaired) electrons. The third-order valence-electron chi connectivity index (χ3n) is 9.09.